The third kappa shape index (κ3) is 2.06. The number of nitrogens with one attached hydrogen (secondary N) is 1. The van der Waals surface area contributed by atoms with Crippen molar-refractivity contribution in [3.8, 4) is 0 Å². The van der Waals surface area contributed by atoms with E-state index in [0.717, 1.165) is 24.1 Å². The SMILES string of the molecule is O=C(Nc1ccc(CO)cc1)C1CC2C=CC1C2. The molecule has 3 atom stereocenters. The molecule has 1 aromatic carbocycles. The lowest BCUT2D eigenvalue weighted by atomic mass is 9.93. The van der Waals surface area contributed by atoms with Crippen LogP contribution in [-0.4, -0.2) is 11.0 Å². The maximum absolute atomic E-state index is 12.2. The van der Waals surface area contributed by atoms with Crippen molar-refractivity contribution in [2.24, 2.45) is 17.8 Å². The summed E-state index contributed by atoms with van der Waals surface area (Å²) < 4.78 is 0. The van der Waals surface area contributed by atoms with Crippen molar-refractivity contribution in [2.75, 3.05) is 5.32 Å². The zero-order valence-corrected chi connectivity index (χ0v) is 10.2. The highest BCUT2D eigenvalue weighted by molar-refractivity contribution is 5.93. The lowest BCUT2D eigenvalue weighted by Gasteiger charge is -2.17. The molecule has 1 fully saturated rings. The number of fused-ring (bicyclic) bond motifs is 2. The Morgan fingerprint density at radius 1 is 1.22 bits per heavy atom. The minimum atomic E-state index is 0.0331. The highest BCUT2D eigenvalue weighted by Gasteiger charge is 2.39. The Balaban J connectivity index is 1.65. The molecule has 2 N–H and O–H groups in total. The van der Waals surface area contributed by atoms with E-state index in [1.54, 1.807) is 0 Å². The van der Waals surface area contributed by atoms with Crippen LogP contribution in [0.3, 0.4) is 0 Å². The second-order valence-electron chi connectivity index (χ2n) is 5.23. The van der Waals surface area contributed by atoms with Crippen LogP contribution in [0.15, 0.2) is 36.4 Å². The Kier molecular flexibility index (Phi) is 2.92. The highest BCUT2D eigenvalue weighted by Crippen LogP contribution is 2.43. The van der Waals surface area contributed by atoms with Gasteiger partial charge in [-0.3, -0.25) is 4.79 Å². The van der Waals surface area contributed by atoms with Crippen LogP contribution in [0, 0.1) is 17.8 Å². The van der Waals surface area contributed by atoms with E-state index in [4.69, 9.17) is 5.11 Å². The molecule has 0 saturated heterocycles. The number of benzene rings is 1. The van der Waals surface area contributed by atoms with E-state index in [1.165, 1.54) is 0 Å². The van der Waals surface area contributed by atoms with Gasteiger partial charge >= 0.3 is 0 Å². The van der Waals surface area contributed by atoms with Gasteiger partial charge in [0.2, 0.25) is 5.91 Å². The van der Waals surface area contributed by atoms with Gasteiger partial charge in [0.1, 0.15) is 0 Å². The number of hydrogen-bond acceptors (Lipinski definition) is 2. The van der Waals surface area contributed by atoms with Gasteiger partial charge in [0.15, 0.2) is 0 Å². The highest BCUT2D eigenvalue weighted by atomic mass is 16.3. The molecule has 0 aliphatic heterocycles. The Morgan fingerprint density at radius 2 is 2.00 bits per heavy atom. The smallest absolute Gasteiger partial charge is 0.228 e. The predicted octanol–water partition coefficient (Wildman–Crippen LogP) is 2.33. The summed E-state index contributed by atoms with van der Waals surface area (Å²) in [5.41, 5.74) is 1.67. The number of carbonyl (C=O) groups is 1. The van der Waals surface area contributed by atoms with Crippen molar-refractivity contribution >= 4 is 11.6 Å². The van der Waals surface area contributed by atoms with Gasteiger partial charge in [-0.15, -0.1) is 0 Å². The average molecular weight is 243 g/mol. The minimum Gasteiger partial charge on any atom is -0.392 e. The van der Waals surface area contributed by atoms with Gasteiger partial charge in [0, 0.05) is 11.6 Å². The van der Waals surface area contributed by atoms with Crippen LogP contribution in [0.25, 0.3) is 0 Å². The molecule has 3 rings (SSSR count). The van der Waals surface area contributed by atoms with Crippen LogP contribution < -0.4 is 5.32 Å². The van der Waals surface area contributed by atoms with Gasteiger partial charge in [-0.1, -0.05) is 24.3 Å². The molecule has 18 heavy (non-hydrogen) atoms. The maximum Gasteiger partial charge on any atom is 0.228 e. The van der Waals surface area contributed by atoms with E-state index < -0.39 is 0 Å². The van der Waals surface area contributed by atoms with Crippen molar-refractivity contribution in [3.63, 3.8) is 0 Å². The number of carbonyl (C=O) groups excluding carboxylic acids is 1. The minimum absolute atomic E-state index is 0.0331. The fourth-order valence-electron chi connectivity index (χ4n) is 3.01. The number of anilines is 1. The number of aliphatic hydroxyl groups is 1. The van der Waals surface area contributed by atoms with Crippen LogP contribution in [-0.2, 0) is 11.4 Å². The molecule has 0 heterocycles. The van der Waals surface area contributed by atoms with Crippen LogP contribution in [0.5, 0.6) is 0 Å². The number of allylic oxidation sites excluding steroid dienone is 2. The molecule has 94 valence electrons. The first-order valence-corrected chi connectivity index (χ1v) is 6.45. The Bertz CT molecular complexity index is 478. The van der Waals surface area contributed by atoms with Gasteiger partial charge < -0.3 is 10.4 Å². The summed E-state index contributed by atoms with van der Waals surface area (Å²) in [5.74, 6) is 1.32. The normalized spacial score (nSPS) is 28.6. The predicted molar refractivity (Wildman–Crippen MR) is 69.8 cm³/mol. The Morgan fingerprint density at radius 3 is 2.56 bits per heavy atom. The van der Waals surface area contributed by atoms with E-state index in [1.807, 2.05) is 24.3 Å². The molecular weight excluding hydrogens is 226 g/mol. The molecule has 0 radical (unpaired) electrons. The van der Waals surface area contributed by atoms with Crippen LogP contribution in [0.2, 0.25) is 0 Å². The Hall–Kier alpha value is -1.61. The summed E-state index contributed by atoms with van der Waals surface area (Å²) in [4.78, 5) is 12.2. The molecule has 1 aromatic rings. The first-order chi connectivity index (χ1) is 8.76. The maximum atomic E-state index is 12.2. The molecule has 2 aliphatic rings. The number of hydrogen-bond donors (Lipinski definition) is 2. The molecule has 2 bridgehead atoms. The molecule has 3 heteroatoms. The topological polar surface area (TPSA) is 49.3 Å². The van der Waals surface area contributed by atoms with Gasteiger partial charge in [0.05, 0.1) is 6.61 Å². The average Bonchev–Trinajstić information content (AvgIpc) is 3.02. The third-order valence-electron chi connectivity index (χ3n) is 4.02. The van der Waals surface area contributed by atoms with E-state index in [0.29, 0.717) is 11.8 Å². The van der Waals surface area contributed by atoms with Gasteiger partial charge in [-0.25, -0.2) is 0 Å². The second kappa shape index (κ2) is 4.58. The summed E-state index contributed by atoms with van der Waals surface area (Å²) in [6.45, 7) is 0.0331. The zero-order valence-electron chi connectivity index (χ0n) is 10.2. The molecule has 1 saturated carbocycles. The van der Waals surface area contributed by atoms with E-state index >= 15 is 0 Å². The molecule has 0 spiro atoms. The number of aliphatic hydroxyl groups excluding tert-OH is 1. The van der Waals surface area contributed by atoms with E-state index in [9.17, 15) is 4.79 Å². The van der Waals surface area contributed by atoms with E-state index in [2.05, 4.69) is 17.5 Å². The fourth-order valence-corrected chi connectivity index (χ4v) is 3.01. The molecular formula is C15H17NO2. The van der Waals surface area contributed by atoms with Crippen LogP contribution in [0.1, 0.15) is 18.4 Å². The number of rotatable bonds is 3. The first kappa shape index (κ1) is 11.5. The molecule has 3 nitrogen and oxygen atoms in total. The zero-order chi connectivity index (χ0) is 12.5. The monoisotopic (exact) mass is 243 g/mol. The summed E-state index contributed by atoms with van der Waals surface area (Å²) in [6.07, 6.45) is 6.56. The molecule has 1 amide bonds. The van der Waals surface area contributed by atoms with Crippen molar-refractivity contribution in [1.29, 1.82) is 0 Å². The van der Waals surface area contributed by atoms with Gasteiger partial charge in [-0.05, 0) is 42.4 Å². The van der Waals surface area contributed by atoms with Crippen LogP contribution >= 0.6 is 0 Å². The van der Waals surface area contributed by atoms with Crippen LogP contribution in [0.4, 0.5) is 5.69 Å². The standard InChI is InChI=1S/C15H17NO2/c17-9-10-2-5-13(6-3-10)16-15(18)14-8-11-1-4-12(14)7-11/h1-6,11-12,14,17H,7-9H2,(H,16,18). The van der Waals surface area contributed by atoms with Crippen molar-refractivity contribution < 1.29 is 9.90 Å². The largest absolute Gasteiger partial charge is 0.392 e. The van der Waals surface area contributed by atoms with Crippen molar-refractivity contribution in [2.45, 2.75) is 19.4 Å². The summed E-state index contributed by atoms with van der Waals surface area (Å²) >= 11 is 0. The van der Waals surface area contributed by atoms with Gasteiger partial charge in [-0.2, -0.15) is 0 Å². The summed E-state index contributed by atoms with van der Waals surface area (Å²) in [6, 6.07) is 7.34. The first-order valence-electron chi connectivity index (χ1n) is 6.45. The molecule has 2 aliphatic carbocycles. The van der Waals surface area contributed by atoms with Crippen molar-refractivity contribution in [3.05, 3.63) is 42.0 Å². The summed E-state index contributed by atoms with van der Waals surface area (Å²) in [5, 5.41) is 11.9. The molecule has 0 aromatic heterocycles. The molecule has 3 unspecified atom stereocenters. The lowest BCUT2D eigenvalue weighted by Crippen LogP contribution is -2.25. The Labute approximate surface area is 107 Å². The van der Waals surface area contributed by atoms with Gasteiger partial charge in [0.25, 0.3) is 0 Å². The third-order valence-corrected chi connectivity index (χ3v) is 4.02. The van der Waals surface area contributed by atoms with E-state index in [-0.39, 0.29) is 18.4 Å². The quantitative estimate of drug-likeness (QED) is 0.800. The fraction of sp³-hybridized carbons (Fsp3) is 0.400. The van der Waals surface area contributed by atoms with Crippen molar-refractivity contribution in [1.82, 2.24) is 0 Å². The second-order valence-corrected chi connectivity index (χ2v) is 5.23. The lowest BCUT2D eigenvalue weighted by molar-refractivity contribution is -0.120. The number of amides is 1. The summed E-state index contributed by atoms with van der Waals surface area (Å²) in [7, 11) is 0.